The molecule has 1 aromatic heterocycles. The molecule has 164 valence electrons. The van der Waals surface area contributed by atoms with Crippen LogP contribution in [0.25, 0.3) is 11.3 Å². The number of nitrogens with one attached hydrogen (secondary N) is 1. The lowest BCUT2D eigenvalue weighted by atomic mass is 9.73. The summed E-state index contributed by atoms with van der Waals surface area (Å²) in [7, 11) is 0. The lowest BCUT2D eigenvalue weighted by Crippen LogP contribution is -2.40. The van der Waals surface area contributed by atoms with E-state index in [1.807, 2.05) is 67.6 Å². The highest BCUT2D eigenvalue weighted by atomic mass is 16.1. The third-order valence-electron chi connectivity index (χ3n) is 6.46. The third-order valence-corrected chi connectivity index (χ3v) is 6.46. The van der Waals surface area contributed by atoms with E-state index in [1.54, 1.807) is 4.90 Å². The molecule has 2 atom stereocenters. The maximum atomic E-state index is 13.4. The normalized spacial score (nSPS) is 20.6. The predicted molar refractivity (Wildman–Crippen MR) is 128 cm³/mol. The number of nitriles is 1. The Balaban J connectivity index is 1.69. The van der Waals surface area contributed by atoms with Gasteiger partial charge in [-0.25, -0.2) is 0 Å². The van der Waals surface area contributed by atoms with Crippen molar-refractivity contribution >= 4 is 11.6 Å². The van der Waals surface area contributed by atoms with Crippen molar-refractivity contribution in [2.75, 3.05) is 4.90 Å². The number of nitrogens with two attached hydrogens (primary N) is 1. The van der Waals surface area contributed by atoms with Gasteiger partial charge < -0.3 is 5.73 Å². The molecule has 0 amide bonds. The first-order chi connectivity index (χ1) is 16.0. The molecular weight excluding hydrogens is 410 g/mol. The number of ketones is 1. The van der Waals surface area contributed by atoms with Crippen LogP contribution in [0.15, 0.2) is 83.3 Å². The summed E-state index contributed by atoms with van der Waals surface area (Å²) in [6, 6.07) is 22.1. The lowest BCUT2D eigenvalue weighted by Gasteiger charge is -2.40. The number of carbonyl (C=O) groups is 1. The summed E-state index contributed by atoms with van der Waals surface area (Å²) in [6.45, 7) is 4.09. The molecule has 2 aromatic carbocycles. The van der Waals surface area contributed by atoms with E-state index in [0.29, 0.717) is 35.6 Å². The van der Waals surface area contributed by atoms with Gasteiger partial charge in [0.2, 0.25) is 0 Å². The number of aromatic amines is 1. The summed E-state index contributed by atoms with van der Waals surface area (Å²) >= 11 is 0. The molecule has 1 aliphatic heterocycles. The molecule has 2 aliphatic rings. The predicted octanol–water partition coefficient (Wildman–Crippen LogP) is 4.94. The highest BCUT2D eigenvalue weighted by Gasteiger charge is 2.42. The van der Waals surface area contributed by atoms with Crippen LogP contribution in [0.1, 0.15) is 36.8 Å². The number of benzene rings is 2. The number of hydrogen-bond acceptors (Lipinski definition) is 5. The maximum absolute atomic E-state index is 13.4. The minimum atomic E-state index is -0.464. The topological polar surface area (TPSA) is 98.8 Å². The van der Waals surface area contributed by atoms with E-state index in [2.05, 4.69) is 23.2 Å². The molecule has 33 heavy (non-hydrogen) atoms. The summed E-state index contributed by atoms with van der Waals surface area (Å²) in [5.74, 6) is 0.694. The van der Waals surface area contributed by atoms with Gasteiger partial charge in [0.15, 0.2) is 11.6 Å². The number of aromatic nitrogens is 2. The van der Waals surface area contributed by atoms with E-state index in [-0.39, 0.29) is 11.7 Å². The van der Waals surface area contributed by atoms with Crippen molar-refractivity contribution in [3.8, 4) is 17.3 Å². The number of Topliss-reactive ketones (excluding diaryl/α,β-unsaturated/α-hetero) is 1. The van der Waals surface area contributed by atoms with E-state index < -0.39 is 5.92 Å². The van der Waals surface area contributed by atoms with E-state index in [4.69, 9.17) is 5.73 Å². The van der Waals surface area contributed by atoms with Crippen LogP contribution in [0.3, 0.4) is 0 Å². The van der Waals surface area contributed by atoms with E-state index in [9.17, 15) is 10.1 Å². The number of hydrogen-bond donors (Lipinski definition) is 2. The van der Waals surface area contributed by atoms with Gasteiger partial charge in [0.05, 0.1) is 23.3 Å². The fraction of sp³-hybridized carbons (Fsp3) is 0.222. The first-order valence-corrected chi connectivity index (χ1v) is 11.1. The van der Waals surface area contributed by atoms with Crippen LogP contribution < -0.4 is 10.6 Å². The zero-order valence-corrected chi connectivity index (χ0v) is 18.7. The summed E-state index contributed by atoms with van der Waals surface area (Å²) in [5.41, 5.74) is 12.4. The molecule has 1 aliphatic carbocycles. The Hall–Kier alpha value is -4.11. The van der Waals surface area contributed by atoms with Crippen molar-refractivity contribution in [1.29, 1.82) is 5.26 Å². The minimum Gasteiger partial charge on any atom is -0.384 e. The van der Waals surface area contributed by atoms with E-state index in [0.717, 1.165) is 28.1 Å². The van der Waals surface area contributed by atoms with Crippen molar-refractivity contribution < 1.29 is 4.79 Å². The van der Waals surface area contributed by atoms with E-state index >= 15 is 0 Å². The van der Waals surface area contributed by atoms with Gasteiger partial charge in [-0.2, -0.15) is 10.4 Å². The molecule has 3 N–H and O–H groups in total. The van der Waals surface area contributed by atoms with Crippen LogP contribution >= 0.6 is 0 Å². The van der Waals surface area contributed by atoms with Gasteiger partial charge in [0.25, 0.3) is 0 Å². The Morgan fingerprint density at radius 2 is 1.85 bits per heavy atom. The van der Waals surface area contributed by atoms with Gasteiger partial charge in [-0.3, -0.25) is 14.8 Å². The van der Waals surface area contributed by atoms with Gasteiger partial charge in [-0.15, -0.1) is 0 Å². The van der Waals surface area contributed by atoms with E-state index in [1.165, 1.54) is 0 Å². The average molecular weight is 436 g/mol. The van der Waals surface area contributed by atoms with Crippen LogP contribution in [-0.4, -0.2) is 16.0 Å². The number of aryl methyl sites for hydroxylation is 1. The molecule has 0 spiro atoms. The number of anilines is 1. The monoisotopic (exact) mass is 435 g/mol. The summed E-state index contributed by atoms with van der Waals surface area (Å²) in [6.07, 6.45) is 1.15. The molecule has 2 unspecified atom stereocenters. The summed E-state index contributed by atoms with van der Waals surface area (Å²) in [4.78, 5) is 15.2. The van der Waals surface area contributed by atoms with Crippen molar-refractivity contribution in [2.45, 2.75) is 32.6 Å². The molecule has 0 bridgehead atoms. The highest BCUT2D eigenvalue weighted by Crippen LogP contribution is 2.47. The molecule has 2 heterocycles. The SMILES string of the molecule is Cc1ccc(C2C(C#N)=C(N)N(c3cc(-c4ccccc4)[nH]n3)C3=C2C(=O)CC(C)C3)cc1. The Labute approximate surface area is 193 Å². The smallest absolute Gasteiger partial charge is 0.161 e. The van der Waals surface area contributed by atoms with Gasteiger partial charge >= 0.3 is 0 Å². The molecule has 0 fully saturated rings. The zero-order valence-electron chi connectivity index (χ0n) is 18.7. The van der Waals surface area contributed by atoms with Crippen molar-refractivity contribution in [1.82, 2.24) is 10.2 Å². The van der Waals surface area contributed by atoms with Crippen LogP contribution in [-0.2, 0) is 4.79 Å². The van der Waals surface area contributed by atoms with Crippen LogP contribution in [0.5, 0.6) is 0 Å². The summed E-state index contributed by atoms with van der Waals surface area (Å²) in [5, 5.41) is 17.7. The van der Waals surface area contributed by atoms with Gasteiger partial charge in [0, 0.05) is 23.8 Å². The van der Waals surface area contributed by atoms with Gasteiger partial charge in [-0.1, -0.05) is 67.1 Å². The molecule has 0 saturated carbocycles. The largest absolute Gasteiger partial charge is 0.384 e. The molecule has 5 rings (SSSR count). The highest BCUT2D eigenvalue weighted by molar-refractivity contribution is 6.01. The molecular formula is C27H25N5O. The average Bonchev–Trinajstić information content (AvgIpc) is 3.29. The minimum absolute atomic E-state index is 0.0680. The van der Waals surface area contributed by atoms with Gasteiger partial charge in [0.1, 0.15) is 5.82 Å². The number of carbonyl (C=O) groups excluding carboxylic acids is 1. The Morgan fingerprint density at radius 3 is 2.55 bits per heavy atom. The number of rotatable bonds is 3. The van der Waals surface area contributed by atoms with Crippen molar-refractivity contribution in [3.63, 3.8) is 0 Å². The van der Waals surface area contributed by atoms with Gasteiger partial charge in [-0.05, 0) is 30.4 Å². The molecule has 0 radical (unpaired) electrons. The first-order valence-electron chi connectivity index (χ1n) is 11.1. The summed E-state index contributed by atoms with van der Waals surface area (Å²) < 4.78 is 0. The second kappa shape index (κ2) is 8.10. The quantitative estimate of drug-likeness (QED) is 0.607. The molecule has 0 saturated heterocycles. The zero-order chi connectivity index (χ0) is 23.1. The van der Waals surface area contributed by atoms with Crippen molar-refractivity contribution in [3.05, 3.63) is 94.5 Å². The number of nitrogens with zero attached hydrogens (tertiary/aromatic N) is 3. The fourth-order valence-electron chi connectivity index (χ4n) is 4.86. The lowest BCUT2D eigenvalue weighted by molar-refractivity contribution is -0.117. The fourth-order valence-corrected chi connectivity index (χ4v) is 4.86. The van der Waals surface area contributed by atoms with Crippen LogP contribution in [0.2, 0.25) is 0 Å². The Morgan fingerprint density at radius 1 is 1.12 bits per heavy atom. The van der Waals surface area contributed by atoms with Crippen LogP contribution in [0, 0.1) is 24.2 Å². The third kappa shape index (κ3) is 3.52. The number of H-pyrrole nitrogens is 1. The Kier molecular flexibility index (Phi) is 5.10. The van der Waals surface area contributed by atoms with Crippen LogP contribution in [0.4, 0.5) is 5.82 Å². The second-order valence-electron chi connectivity index (χ2n) is 8.89. The second-order valence-corrected chi connectivity index (χ2v) is 8.89. The molecule has 6 heteroatoms. The maximum Gasteiger partial charge on any atom is 0.161 e. The van der Waals surface area contributed by atoms with Crippen molar-refractivity contribution in [2.24, 2.45) is 11.7 Å². The molecule has 6 nitrogen and oxygen atoms in total. The first kappa shape index (κ1) is 20.8. The standard InChI is InChI=1S/C27H25N5O/c1-16-8-10-19(11-9-16)25-20(15-28)27(29)32(22-12-17(2)13-23(33)26(22)25)24-14-21(30-31-24)18-6-4-3-5-7-18/h3-11,14,17,25H,12-13,29H2,1-2H3,(H,30,31). The Bertz CT molecular complexity index is 1320. The molecule has 3 aromatic rings. The number of allylic oxidation sites excluding steroid dienone is 3.